The number of carbonyl (C=O) groups is 1. The number of nitrogens with two attached hydrogens (primary N) is 2. The van der Waals surface area contributed by atoms with Crippen molar-refractivity contribution in [1.82, 2.24) is 0 Å². The minimum absolute atomic E-state index is 0.230. The first-order valence-corrected chi connectivity index (χ1v) is 10.3. The number of rotatable bonds is 9. The van der Waals surface area contributed by atoms with E-state index >= 15 is 0 Å². The average Bonchev–Trinajstić information content (AvgIpc) is 2.68. The molecule has 3 unspecified atom stereocenters. The van der Waals surface area contributed by atoms with Crippen molar-refractivity contribution in [3.05, 3.63) is 52.8 Å². The number of aliphatic hydroxyl groups is 1. The molecule has 0 spiro atoms. The number of carboxylic acids is 1. The maximum atomic E-state index is 11.2. The molecule has 6 nitrogen and oxygen atoms in total. The van der Waals surface area contributed by atoms with Crippen LogP contribution in [0.5, 0.6) is 5.75 Å². The number of allylic oxidation sites excluding steroid dienone is 1. The van der Waals surface area contributed by atoms with Gasteiger partial charge in [-0.15, -0.1) is 0 Å². The molecule has 0 aliphatic heterocycles. The van der Waals surface area contributed by atoms with Gasteiger partial charge in [-0.3, -0.25) is 4.79 Å². The predicted molar refractivity (Wildman–Crippen MR) is 115 cm³/mol. The van der Waals surface area contributed by atoms with Crippen LogP contribution in [0.2, 0.25) is 0 Å². The van der Waals surface area contributed by atoms with Gasteiger partial charge in [0.1, 0.15) is 23.3 Å². The van der Waals surface area contributed by atoms with Crippen LogP contribution in [0.1, 0.15) is 75.5 Å². The summed E-state index contributed by atoms with van der Waals surface area (Å²) in [5.41, 5.74) is 13.2. The van der Waals surface area contributed by atoms with Gasteiger partial charge in [-0.05, 0) is 66.0 Å². The zero-order chi connectivity index (χ0) is 21.8. The van der Waals surface area contributed by atoms with E-state index in [2.05, 4.69) is 27.7 Å². The summed E-state index contributed by atoms with van der Waals surface area (Å²) in [6.07, 6.45) is 7.40. The number of hydrogen-bond donors (Lipinski definition) is 4. The number of hydrogen-bond acceptors (Lipinski definition) is 5. The Morgan fingerprint density at radius 3 is 2.17 bits per heavy atom. The third kappa shape index (κ3) is 5.92. The van der Waals surface area contributed by atoms with Crippen LogP contribution in [0.25, 0.3) is 0 Å². The van der Waals surface area contributed by atoms with Crippen molar-refractivity contribution in [2.45, 2.75) is 77.0 Å². The lowest BCUT2D eigenvalue weighted by Gasteiger charge is -2.26. The molecule has 6 N–H and O–H groups in total. The second-order valence-electron chi connectivity index (χ2n) is 8.11. The van der Waals surface area contributed by atoms with Gasteiger partial charge in [0.25, 0.3) is 0 Å². The normalized spacial score (nSPS) is 22.0. The van der Waals surface area contributed by atoms with Crippen LogP contribution in [-0.4, -0.2) is 27.9 Å². The summed E-state index contributed by atoms with van der Waals surface area (Å²) in [6.45, 7) is 8.49. The highest BCUT2D eigenvalue weighted by molar-refractivity contribution is 5.73. The molecule has 0 bridgehead atoms. The fourth-order valence-electron chi connectivity index (χ4n) is 3.31. The van der Waals surface area contributed by atoms with Crippen molar-refractivity contribution in [2.24, 2.45) is 11.5 Å². The van der Waals surface area contributed by atoms with Gasteiger partial charge in [0, 0.05) is 6.42 Å². The highest BCUT2D eigenvalue weighted by Crippen LogP contribution is 2.40. The first-order chi connectivity index (χ1) is 13.6. The Bertz CT molecular complexity index is 767. The van der Waals surface area contributed by atoms with E-state index in [1.807, 2.05) is 12.1 Å². The molecule has 0 saturated carbocycles. The summed E-state index contributed by atoms with van der Waals surface area (Å²) >= 11 is 0. The fraction of sp³-hybridized carbons (Fsp3) is 0.522. The van der Waals surface area contributed by atoms with Gasteiger partial charge >= 0.3 is 5.97 Å². The number of benzene rings is 1. The van der Waals surface area contributed by atoms with Crippen molar-refractivity contribution in [3.8, 4) is 5.75 Å². The van der Waals surface area contributed by atoms with Crippen LogP contribution < -0.4 is 16.2 Å². The predicted octanol–water partition coefficient (Wildman–Crippen LogP) is 3.54. The monoisotopic (exact) mass is 402 g/mol. The van der Waals surface area contributed by atoms with E-state index in [9.17, 15) is 15.0 Å². The van der Waals surface area contributed by atoms with Gasteiger partial charge in [-0.25, -0.2) is 0 Å². The third-order valence-electron chi connectivity index (χ3n) is 5.65. The summed E-state index contributed by atoms with van der Waals surface area (Å²) in [5.74, 6) is 0.901. The van der Waals surface area contributed by atoms with E-state index in [1.165, 1.54) is 6.08 Å². The van der Waals surface area contributed by atoms with Crippen LogP contribution >= 0.6 is 0 Å². The van der Waals surface area contributed by atoms with Crippen molar-refractivity contribution in [1.29, 1.82) is 0 Å². The molecule has 6 heteroatoms. The maximum absolute atomic E-state index is 11.2. The second kappa shape index (κ2) is 9.57. The Kier molecular flexibility index (Phi) is 7.63. The molecule has 0 fully saturated rings. The molecule has 4 atom stereocenters. The number of aliphatic carboxylic acids is 1. The minimum atomic E-state index is -1.34. The Labute approximate surface area is 173 Å². The van der Waals surface area contributed by atoms with Crippen LogP contribution in [0.4, 0.5) is 0 Å². The van der Waals surface area contributed by atoms with E-state index in [0.29, 0.717) is 5.76 Å². The van der Waals surface area contributed by atoms with Crippen LogP contribution in [-0.2, 0) is 11.2 Å². The van der Waals surface area contributed by atoms with E-state index in [1.54, 1.807) is 12.2 Å². The Hall–Kier alpha value is -2.15. The first-order valence-electron chi connectivity index (χ1n) is 10.3. The standard InChI is InChI=1S/C23H34N2O4/c1-5-14(3)18-11-16(13-20(24)22(26)27)12-19(15(4)6-2)21(18)29-17-7-9-23(25,28)10-8-17/h7-9,11-12,14-15,20,28H,5-6,10,13,24-25H2,1-4H3,(H,26,27)/t14?,15?,20-,23?/m0/s1. The van der Waals surface area contributed by atoms with E-state index in [4.69, 9.17) is 16.2 Å². The molecule has 160 valence electrons. The number of ether oxygens (including phenoxy) is 1. The molecule has 0 saturated heterocycles. The molecule has 2 rings (SSSR count). The van der Waals surface area contributed by atoms with Gasteiger partial charge < -0.3 is 26.4 Å². The topological polar surface area (TPSA) is 119 Å². The molecule has 1 aliphatic rings. The van der Waals surface area contributed by atoms with Crippen LogP contribution in [0, 0.1) is 0 Å². The van der Waals surface area contributed by atoms with Gasteiger partial charge in [-0.1, -0.05) is 39.8 Å². The lowest BCUT2D eigenvalue weighted by atomic mass is 9.87. The molecule has 1 aliphatic carbocycles. The molecule has 0 heterocycles. The molecule has 0 aromatic heterocycles. The van der Waals surface area contributed by atoms with Gasteiger partial charge in [0.05, 0.1) is 0 Å². The lowest BCUT2D eigenvalue weighted by Crippen LogP contribution is -2.37. The molecule has 1 aromatic carbocycles. The van der Waals surface area contributed by atoms with Crippen molar-refractivity contribution in [3.63, 3.8) is 0 Å². The van der Waals surface area contributed by atoms with Crippen molar-refractivity contribution < 1.29 is 19.7 Å². The summed E-state index contributed by atoms with van der Waals surface area (Å²) in [6, 6.07) is 3.09. The lowest BCUT2D eigenvalue weighted by molar-refractivity contribution is -0.138. The molecular formula is C23H34N2O4. The van der Waals surface area contributed by atoms with E-state index in [-0.39, 0.29) is 24.7 Å². The van der Waals surface area contributed by atoms with Crippen LogP contribution in [0.15, 0.2) is 36.1 Å². The zero-order valence-corrected chi connectivity index (χ0v) is 17.8. The quantitative estimate of drug-likeness (QED) is 0.469. The van der Waals surface area contributed by atoms with Crippen LogP contribution in [0.3, 0.4) is 0 Å². The van der Waals surface area contributed by atoms with Gasteiger partial charge in [0.15, 0.2) is 0 Å². The van der Waals surface area contributed by atoms with Crippen molar-refractivity contribution in [2.75, 3.05) is 0 Å². The highest BCUT2D eigenvalue weighted by Gasteiger charge is 2.24. The second-order valence-corrected chi connectivity index (χ2v) is 8.11. The van der Waals surface area contributed by atoms with Gasteiger partial charge in [-0.2, -0.15) is 0 Å². The van der Waals surface area contributed by atoms with Crippen molar-refractivity contribution >= 4 is 5.97 Å². The zero-order valence-electron chi connectivity index (χ0n) is 17.8. The molecule has 0 radical (unpaired) electrons. The smallest absolute Gasteiger partial charge is 0.320 e. The van der Waals surface area contributed by atoms with E-state index < -0.39 is 17.7 Å². The Morgan fingerprint density at radius 2 is 1.76 bits per heavy atom. The molecule has 0 amide bonds. The summed E-state index contributed by atoms with van der Waals surface area (Å²) in [4.78, 5) is 11.2. The SMILES string of the molecule is CCC(C)c1cc(C[C@H](N)C(=O)O)cc(C(C)CC)c1OC1=CCC(N)(O)C=C1. The minimum Gasteiger partial charge on any atom is -0.480 e. The Morgan fingerprint density at radius 1 is 1.21 bits per heavy atom. The average molecular weight is 403 g/mol. The van der Waals surface area contributed by atoms with Gasteiger partial charge in [0.2, 0.25) is 0 Å². The fourth-order valence-corrected chi connectivity index (χ4v) is 3.31. The third-order valence-corrected chi connectivity index (χ3v) is 5.65. The first kappa shape index (κ1) is 23.1. The summed E-state index contributed by atoms with van der Waals surface area (Å²) in [5, 5.41) is 19.1. The number of carboxylic acid groups (broad SMARTS) is 1. The molecular weight excluding hydrogens is 368 g/mol. The molecule has 1 aromatic rings. The maximum Gasteiger partial charge on any atom is 0.320 e. The molecule has 29 heavy (non-hydrogen) atoms. The highest BCUT2D eigenvalue weighted by atomic mass is 16.5. The summed E-state index contributed by atoms with van der Waals surface area (Å²) < 4.78 is 6.32. The summed E-state index contributed by atoms with van der Waals surface area (Å²) in [7, 11) is 0. The Balaban J connectivity index is 2.52. The largest absolute Gasteiger partial charge is 0.480 e. The van der Waals surface area contributed by atoms with E-state index in [0.717, 1.165) is 35.3 Å².